The summed E-state index contributed by atoms with van der Waals surface area (Å²) in [6.07, 6.45) is 41.1. The Morgan fingerprint density at radius 2 is 0.485 bits per heavy atom. The first kappa shape index (κ1) is 33.0. The van der Waals surface area contributed by atoms with E-state index < -0.39 is 0 Å². The molecule has 0 aliphatic carbocycles. The van der Waals surface area contributed by atoms with Crippen molar-refractivity contribution in [3.63, 3.8) is 0 Å². The molecule has 0 saturated carbocycles. The van der Waals surface area contributed by atoms with Crippen LogP contribution < -0.4 is 0 Å². The Balaban J connectivity index is 4.38. The van der Waals surface area contributed by atoms with Gasteiger partial charge in [-0.15, -0.1) is 0 Å². The van der Waals surface area contributed by atoms with Crippen molar-refractivity contribution in [2.45, 2.75) is 207 Å². The molecule has 0 aliphatic rings. The number of unbranched alkanes of at least 4 members (excludes halogenated alkanes) is 20. The Morgan fingerprint density at radius 3 is 0.727 bits per heavy atom. The van der Waals surface area contributed by atoms with Gasteiger partial charge in [0.2, 0.25) is 0 Å². The number of hydrogen-bond acceptors (Lipinski definition) is 0. The lowest BCUT2D eigenvalue weighted by Crippen LogP contribution is -2.21. The van der Waals surface area contributed by atoms with Gasteiger partial charge in [-0.05, 0) is 31.1 Å². The van der Waals surface area contributed by atoms with E-state index in [4.69, 9.17) is 0 Å². The summed E-state index contributed by atoms with van der Waals surface area (Å²) in [6.45, 7) is 9.42. The van der Waals surface area contributed by atoms with Gasteiger partial charge in [0.1, 0.15) is 0 Å². The zero-order valence-corrected chi connectivity index (χ0v) is 24.3. The summed E-state index contributed by atoms with van der Waals surface area (Å²) in [4.78, 5) is 0. The first-order valence-electron chi connectivity index (χ1n) is 16.2. The predicted molar refractivity (Wildman–Crippen MR) is 154 cm³/mol. The maximum Gasteiger partial charge on any atom is -0.0298 e. The van der Waals surface area contributed by atoms with E-state index in [-0.39, 0.29) is 0 Å². The average Bonchev–Trinajstić information content (AvgIpc) is 2.82. The summed E-state index contributed by atoms with van der Waals surface area (Å²) in [5.74, 6) is 0. The van der Waals surface area contributed by atoms with Gasteiger partial charge in [-0.1, -0.05) is 182 Å². The summed E-state index contributed by atoms with van der Waals surface area (Å²) in [6, 6.07) is 0. The highest BCUT2D eigenvalue weighted by Gasteiger charge is 2.27. The number of hydrogen-bond donors (Lipinski definition) is 0. The summed E-state index contributed by atoms with van der Waals surface area (Å²) < 4.78 is 0. The Bertz CT molecular complexity index is 324. The van der Waals surface area contributed by atoms with E-state index >= 15 is 0 Å². The lowest BCUT2D eigenvalue weighted by molar-refractivity contribution is 0.176. The molecule has 0 saturated heterocycles. The summed E-state index contributed by atoms with van der Waals surface area (Å²) in [5, 5.41) is 0. The maximum absolute atomic E-state index is 2.45. The van der Waals surface area contributed by atoms with E-state index in [0.29, 0.717) is 5.41 Å². The normalized spacial score (nSPS) is 12.0. The van der Waals surface area contributed by atoms with Crippen LogP contribution >= 0.6 is 0 Å². The topological polar surface area (TPSA) is 0 Å². The molecule has 33 heavy (non-hydrogen) atoms. The fraction of sp³-hybridized carbons (Fsp3) is 1.00. The van der Waals surface area contributed by atoms with Gasteiger partial charge in [0.15, 0.2) is 0 Å². The Hall–Kier alpha value is 0. The quantitative estimate of drug-likeness (QED) is 0.101. The van der Waals surface area contributed by atoms with Crippen LogP contribution in [-0.4, -0.2) is 0 Å². The van der Waals surface area contributed by atoms with Gasteiger partial charge < -0.3 is 0 Å². The summed E-state index contributed by atoms with van der Waals surface area (Å²) >= 11 is 0. The molecule has 0 aromatic heterocycles. The van der Waals surface area contributed by atoms with Gasteiger partial charge in [0.25, 0.3) is 0 Å². The summed E-state index contributed by atoms with van der Waals surface area (Å²) in [5.41, 5.74) is 0.683. The molecule has 200 valence electrons. The largest absolute Gasteiger partial charge is 0.0654 e. The monoisotopic (exact) mass is 465 g/mol. The van der Waals surface area contributed by atoms with Crippen LogP contribution in [0.5, 0.6) is 0 Å². The van der Waals surface area contributed by atoms with E-state index in [0.717, 1.165) is 0 Å². The highest BCUT2D eigenvalue weighted by molar-refractivity contribution is 4.79. The second-order valence-electron chi connectivity index (χ2n) is 11.6. The number of rotatable bonds is 28. The molecular formula is C33H68. The van der Waals surface area contributed by atoms with Crippen molar-refractivity contribution in [3.05, 3.63) is 0 Å². The van der Waals surface area contributed by atoms with Crippen molar-refractivity contribution >= 4 is 0 Å². The Morgan fingerprint density at radius 1 is 0.242 bits per heavy atom. The molecule has 0 aromatic carbocycles. The van der Waals surface area contributed by atoms with Gasteiger partial charge >= 0.3 is 0 Å². The van der Waals surface area contributed by atoms with Crippen LogP contribution in [0.15, 0.2) is 0 Å². The second kappa shape index (κ2) is 26.6. The smallest absolute Gasteiger partial charge is 0.0298 e. The Labute approximate surface area is 212 Å². The van der Waals surface area contributed by atoms with Gasteiger partial charge in [0.05, 0.1) is 0 Å². The molecule has 0 radical (unpaired) electrons. The minimum atomic E-state index is 0.683. The minimum Gasteiger partial charge on any atom is -0.0654 e. The van der Waals surface area contributed by atoms with Gasteiger partial charge in [0, 0.05) is 0 Å². The standard InChI is InChI=1S/C33H68/c1-5-9-12-15-18-21-24-27-31-33(29-8-4,30-26-23-20-17-14-11-7-3)32-28-25-22-19-16-13-10-6-2/h5-32H2,1-4H3. The fourth-order valence-electron chi connectivity index (χ4n) is 6.01. The highest BCUT2D eigenvalue weighted by Crippen LogP contribution is 2.41. The molecule has 0 rings (SSSR count). The van der Waals surface area contributed by atoms with E-state index in [1.54, 1.807) is 0 Å². The molecule has 0 unspecified atom stereocenters. The van der Waals surface area contributed by atoms with Crippen molar-refractivity contribution in [2.24, 2.45) is 5.41 Å². The van der Waals surface area contributed by atoms with Crippen LogP contribution in [0.4, 0.5) is 0 Å². The molecule has 0 N–H and O–H groups in total. The second-order valence-corrected chi connectivity index (χ2v) is 11.6. The van der Waals surface area contributed by atoms with Crippen LogP contribution in [-0.2, 0) is 0 Å². The third-order valence-electron chi connectivity index (χ3n) is 8.21. The first-order chi connectivity index (χ1) is 16.2. The summed E-state index contributed by atoms with van der Waals surface area (Å²) in [7, 11) is 0. The van der Waals surface area contributed by atoms with Crippen LogP contribution in [0.3, 0.4) is 0 Å². The average molecular weight is 465 g/mol. The van der Waals surface area contributed by atoms with Crippen molar-refractivity contribution in [2.75, 3.05) is 0 Å². The van der Waals surface area contributed by atoms with Gasteiger partial charge in [-0.25, -0.2) is 0 Å². The molecule has 0 aromatic rings. The first-order valence-corrected chi connectivity index (χ1v) is 16.2. The molecule has 0 heterocycles. The zero-order valence-electron chi connectivity index (χ0n) is 24.3. The van der Waals surface area contributed by atoms with Crippen LogP contribution in [0.2, 0.25) is 0 Å². The molecule has 0 bridgehead atoms. The molecule has 0 heteroatoms. The fourth-order valence-corrected chi connectivity index (χ4v) is 6.01. The minimum absolute atomic E-state index is 0.683. The lowest BCUT2D eigenvalue weighted by Gasteiger charge is -2.35. The third kappa shape index (κ3) is 22.2. The molecule has 0 amide bonds. The van der Waals surface area contributed by atoms with E-state index in [1.165, 1.54) is 180 Å². The maximum atomic E-state index is 2.45. The predicted octanol–water partition coefficient (Wildman–Crippen LogP) is 13.0. The molecular weight excluding hydrogens is 396 g/mol. The van der Waals surface area contributed by atoms with Crippen LogP contribution in [0.1, 0.15) is 207 Å². The van der Waals surface area contributed by atoms with Gasteiger partial charge in [-0.3, -0.25) is 0 Å². The molecule has 0 spiro atoms. The van der Waals surface area contributed by atoms with E-state index in [2.05, 4.69) is 27.7 Å². The molecule has 0 fully saturated rings. The van der Waals surface area contributed by atoms with Crippen LogP contribution in [0.25, 0.3) is 0 Å². The van der Waals surface area contributed by atoms with Crippen molar-refractivity contribution < 1.29 is 0 Å². The molecule has 0 aliphatic heterocycles. The van der Waals surface area contributed by atoms with Gasteiger partial charge in [-0.2, -0.15) is 0 Å². The molecule has 0 nitrogen and oxygen atoms in total. The Kier molecular flexibility index (Phi) is 26.6. The third-order valence-corrected chi connectivity index (χ3v) is 8.21. The SMILES string of the molecule is CCCCCCCCCCC(CCC)(CCCCCCCCC)CCCCCCCCCC. The van der Waals surface area contributed by atoms with E-state index in [1.807, 2.05) is 0 Å². The van der Waals surface area contributed by atoms with Crippen LogP contribution in [0, 0.1) is 5.41 Å². The zero-order chi connectivity index (χ0) is 24.3. The lowest BCUT2D eigenvalue weighted by atomic mass is 9.71. The van der Waals surface area contributed by atoms with Crippen molar-refractivity contribution in [1.29, 1.82) is 0 Å². The van der Waals surface area contributed by atoms with Crippen molar-refractivity contribution in [1.82, 2.24) is 0 Å². The van der Waals surface area contributed by atoms with E-state index in [9.17, 15) is 0 Å². The highest BCUT2D eigenvalue weighted by atomic mass is 14.3. The molecule has 0 atom stereocenters. The van der Waals surface area contributed by atoms with Crippen molar-refractivity contribution in [3.8, 4) is 0 Å².